The van der Waals surface area contributed by atoms with Crippen LogP contribution < -0.4 is 14.2 Å². The summed E-state index contributed by atoms with van der Waals surface area (Å²) in [4.78, 5) is 15.5. The summed E-state index contributed by atoms with van der Waals surface area (Å²) in [6.07, 6.45) is 0.574. The lowest BCUT2D eigenvalue weighted by atomic mass is 9.97. The van der Waals surface area contributed by atoms with Crippen LogP contribution in [0.3, 0.4) is 0 Å². The minimum atomic E-state index is -0.286. The van der Waals surface area contributed by atoms with Gasteiger partial charge in [-0.3, -0.25) is 9.69 Å². The first-order valence-electron chi connectivity index (χ1n) is 10.7. The lowest BCUT2D eigenvalue weighted by Crippen LogP contribution is -2.43. The van der Waals surface area contributed by atoms with E-state index in [9.17, 15) is 4.79 Å². The van der Waals surface area contributed by atoms with Crippen molar-refractivity contribution in [3.8, 4) is 17.2 Å². The largest absolute Gasteiger partial charge is 0.497 e. The predicted octanol–water partition coefficient (Wildman–Crippen LogP) is 2.72. The van der Waals surface area contributed by atoms with Crippen LogP contribution in [0.4, 0.5) is 0 Å². The van der Waals surface area contributed by atoms with Crippen LogP contribution in [0.1, 0.15) is 23.6 Å². The molecule has 2 aromatic carbocycles. The fourth-order valence-corrected chi connectivity index (χ4v) is 4.14. The highest BCUT2D eigenvalue weighted by molar-refractivity contribution is 6.03. The van der Waals surface area contributed by atoms with Gasteiger partial charge in [0.05, 0.1) is 52.8 Å². The molecule has 8 heteroatoms. The Morgan fingerprint density at radius 2 is 1.78 bits per heavy atom. The van der Waals surface area contributed by atoms with Gasteiger partial charge in [0.15, 0.2) is 11.5 Å². The van der Waals surface area contributed by atoms with Crippen LogP contribution >= 0.6 is 0 Å². The van der Waals surface area contributed by atoms with Crippen LogP contribution in [0, 0.1) is 0 Å². The molecule has 4 rings (SSSR count). The van der Waals surface area contributed by atoms with E-state index in [0.717, 1.165) is 35.7 Å². The Bertz CT molecular complexity index is 970. The number of methoxy groups -OCH3 is 3. The average molecular weight is 440 g/mol. The van der Waals surface area contributed by atoms with Crippen molar-refractivity contribution in [3.63, 3.8) is 0 Å². The molecular formula is C24H29N3O5. The topological polar surface area (TPSA) is 72.8 Å². The third-order valence-corrected chi connectivity index (χ3v) is 5.84. The standard InChI is InChI=1S/C24H29N3O5/c1-29-18-9-7-17(8-10-18)20-15-21(19-5-4-6-22(30-2)24(19)31-3)27(25-20)23(28)16-26-11-13-32-14-12-26/h4-10,21H,11-16H2,1-3H3. The summed E-state index contributed by atoms with van der Waals surface area (Å²) >= 11 is 0. The van der Waals surface area contributed by atoms with Crippen molar-refractivity contribution in [1.29, 1.82) is 0 Å². The maximum absolute atomic E-state index is 13.4. The van der Waals surface area contributed by atoms with Gasteiger partial charge in [-0.05, 0) is 35.9 Å². The molecule has 170 valence electrons. The first-order valence-corrected chi connectivity index (χ1v) is 10.7. The van der Waals surface area contributed by atoms with Crippen LogP contribution in [0.2, 0.25) is 0 Å². The molecule has 1 unspecified atom stereocenters. The van der Waals surface area contributed by atoms with Crippen molar-refractivity contribution in [3.05, 3.63) is 53.6 Å². The zero-order valence-electron chi connectivity index (χ0n) is 18.7. The number of hydrazone groups is 1. The number of ether oxygens (including phenoxy) is 4. The molecule has 0 spiro atoms. The van der Waals surface area contributed by atoms with E-state index in [-0.39, 0.29) is 11.9 Å². The number of amides is 1. The molecule has 2 heterocycles. The molecule has 1 fully saturated rings. The summed E-state index contributed by atoms with van der Waals surface area (Å²) < 4.78 is 21.8. The predicted molar refractivity (Wildman–Crippen MR) is 121 cm³/mol. The van der Waals surface area contributed by atoms with Gasteiger partial charge >= 0.3 is 0 Å². The third kappa shape index (κ3) is 4.56. The van der Waals surface area contributed by atoms with Crippen LogP contribution in [0.15, 0.2) is 47.6 Å². The Balaban J connectivity index is 1.66. The minimum absolute atomic E-state index is 0.0507. The van der Waals surface area contributed by atoms with Gasteiger partial charge in [-0.2, -0.15) is 5.10 Å². The van der Waals surface area contributed by atoms with Crippen molar-refractivity contribution < 1.29 is 23.7 Å². The summed E-state index contributed by atoms with van der Waals surface area (Å²) in [5.41, 5.74) is 2.67. The molecule has 2 aliphatic heterocycles. The molecular weight excluding hydrogens is 410 g/mol. The van der Waals surface area contributed by atoms with E-state index in [1.165, 1.54) is 0 Å². The maximum atomic E-state index is 13.4. The number of benzene rings is 2. The second-order valence-electron chi connectivity index (χ2n) is 7.70. The molecule has 2 aliphatic rings. The molecule has 0 aromatic heterocycles. The van der Waals surface area contributed by atoms with E-state index in [1.54, 1.807) is 26.3 Å². The fraction of sp³-hybridized carbons (Fsp3) is 0.417. The van der Waals surface area contributed by atoms with Gasteiger partial charge in [0.2, 0.25) is 0 Å². The normalized spacial score (nSPS) is 18.9. The van der Waals surface area contributed by atoms with Gasteiger partial charge in [0, 0.05) is 25.1 Å². The molecule has 0 radical (unpaired) electrons. The first-order chi connectivity index (χ1) is 15.6. The summed E-state index contributed by atoms with van der Waals surface area (Å²) in [5.74, 6) is 1.97. The van der Waals surface area contributed by atoms with E-state index in [0.29, 0.717) is 37.7 Å². The molecule has 1 atom stereocenters. The van der Waals surface area contributed by atoms with Gasteiger partial charge < -0.3 is 18.9 Å². The Kier molecular flexibility index (Phi) is 6.92. The number of nitrogens with zero attached hydrogens (tertiary/aromatic N) is 3. The quantitative estimate of drug-likeness (QED) is 0.661. The summed E-state index contributed by atoms with van der Waals surface area (Å²) in [6.45, 7) is 3.05. The molecule has 0 saturated carbocycles. The number of hydrogen-bond donors (Lipinski definition) is 0. The number of rotatable bonds is 7. The summed E-state index contributed by atoms with van der Waals surface area (Å²) in [6, 6.07) is 13.2. The number of para-hydroxylation sites is 1. The monoisotopic (exact) mass is 439 g/mol. The van der Waals surface area contributed by atoms with E-state index >= 15 is 0 Å². The van der Waals surface area contributed by atoms with Gasteiger partial charge in [-0.15, -0.1) is 0 Å². The first kappa shape index (κ1) is 22.1. The van der Waals surface area contributed by atoms with Gasteiger partial charge in [-0.25, -0.2) is 5.01 Å². The van der Waals surface area contributed by atoms with Gasteiger partial charge in [0.1, 0.15) is 5.75 Å². The average Bonchev–Trinajstić information content (AvgIpc) is 3.29. The van der Waals surface area contributed by atoms with Crippen molar-refractivity contribution in [1.82, 2.24) is 9.91 Å². The maximum Gasteiger partial charge on any atom is 0.257 e. The van der Waals surface area contributed by atoms with E-state index in [2.05, 4.69) is 4.90 Å². The summed E-state index contributed by atoms with van der Waals surface area (Å²) in [7, 11) is 4.86. The smallest absolute Gasteiger partial charge is 0.257 e. The number of hydrogen-bond acceptors (Lipinski definition) is 7. The van der Waals surface area contributed by atoms with E-state index < -0.39 is 0 Å². The Morgan fingerprint density at radius 1 is 1.03 bits per heavy atom. The summed E-state index contributed by atoms with van der Waals surface area (Å²) in [5, 5.41) is 6.38. The lowest BCUT2D eigenvalue weighted by Gasteiger charge is -2.29. The number of carbonyl (C=O) groups excluding carboxylic acids is 1. The van der Waals surface area contributed by atoms with Gasteiger partial charge in [-0.1, -0.05) is 12.1 Å². The molecule has 0 aliphatic carbocycles. The Hall–Kier alpha value is -3.10. The van der Waals surface area contributed by atoms with Crippen LogP contribution in [-0.4, -0.2) is 75.7 Å². The van der Waals surface area contributed by atoms with Crippen LogP contribution in [-0.2, 0) is 9.53 Å². The lowest BCUT2D eigenvalue weighted by molar-refractivity contribution is -0.135. The van der Waals surface area contributed by atoms with Crippen molar-refractivity contribution >= 4 is 11.6 Å². The van der Waals surface area contributed by atoms with Crippen molar-refractivity contribution in [2.75, 3.05) is 54.2 Å². The molecule has 0 N–H and O–H groups in total. The molecule has 1 amide bonds. The third-order valence-electron chi connectivity index (χ3n) is 5.84. The second-order valence-corrected chi connectivity index (χ2v) is 7.70. The Labute approximate surface area is 188 Å². The van der Waals surface area contributed by atoms with E-state index in [1.807, 2.05) is 42.5 Å². The molecule has 1 saturated heterocycles. The zero-order valence-corrected chi connectivity index (χ0v) is 18.7. The highest BCUT2D eigenvalue weighted by Gasteiger charge is 2.36. The van der Waals surface area contributed by atoms with Crippen molar-refractivity contribution in [2.24, 2.45) is 5.10 Å². The minimum Gasteiger partial charge on any atom is -0.497 e. The highest BCUT2D eigenvalue weighted by atomic mass is 16.5. The van der Waals surface area contributed by atoms with Crippen LogP contribution in [0.25, 0.3) is 0 Å². The van der Waals surface area contributed by atoms with Crippen molar-refractivity contribution in [2.45, 2.75) is 12.5 Å². The second kappa shape index (κ2) is 10.0. The molecule has 0 bridgehead atoms. The number of carbonyl (C=O) groups is 1. The van der Waals surface area contributed by atoms with Gasteiger partial charge in [0.25, 0.3) is 5.91 Å². The Morgan fingerprint density at radius 3 is 2.44 bits per heavy atom. The molecule has 8 nitrogen and oxygen atoms in total. The molecule has 2 aromatic rings. The fourth-order valence-electron chi connectivity index (χ4n) is 4.14. The van der Waals surface area contributed by atoms with Crippen LogP contribution in [0.5, 0.6) is 17.2 Å². The SMILES string of the molecule is COc1ccc(C2=NN(C(=O)CN3CCOCC3)C(c3cccc(OC)c3OC)C2)cc1. The molecule has 32 heavy (non-hydrogen) atoms. The van der Waals surface area contributed by atoms with E-state index in [4.69, 9.17) is 24.0 Å². The number of morpholine rings is 1. The highest BCUT2D eigenvalue weighted by Crippen LogP contribution is 2.41. The zero-order chi connectivity index (χ0) is 22.5.